The number of allylic oxidation sites excluding steroid dienone is 1. The van der Waals surface area contributed by atoms with Gasteiger partial charge in [-0.25, -0.2) is 0 Å². The third-order valence-electron chi connectivity index (χ3n) is 4.06. The molecule has 0 saturated heterocycles. The van der Waals surface area contributed by atoms with Crippen molar-refractivity contribution in [2.75, 3.05) is 13.2 Å². The second-order valence-corrected chi connectivity index (χ2v) is 6.17. The second kappa shape index (κ2) is 10.5. The fourth-order valence-electron chi connectivity index (χ4n) is 2.31. The van der Waals surface area contributed by atoms with Gasteiger partial charge < -0.3 is 15.9 Å². The van der Waals surface area contributed by atoms with Gasteiger partial charge in [0.15, 0.2) is 0 Å². The van der Waals surface area contributed by atoms with Crippen molar-refractivity contribution in [3.05, 3.63) is 41.5 Å². The summed E-state index contributed by atoms with van der Waals surface area (Å²) in [4.78, 5) is 0. The minimum Gasteiger partial charge on any atom is -0.394 e. The Morgan fingerprint density at radius 1 is 1.05 bits per heavy atom. The quantitative estimate of drug-likeness (QED) is 0.550. The minimum atomic E-state index is -0.878. The van der Waals surface area contributed by atoms with Crippen LogP contribution in [0, 0.1) is 0 Å². The Balaban J connectivity index is 2.38. The average Bonchev–Trinajstić information content (AvgIpc) is 2.57. The summed E-state index contributed by atoms with van der Waals surface area (Å²) < 4.78 is 0. The summed E-state index contributed by atoms with van der Waals surface area (Å²) in [6.45, 7) is 1.85. The highest BCUT2D eigenvalue weighted by molar-refractivity contribution is 5.49. The van der Waals surface area contributed by atoms with E-state index in [0.717, 1.165) is 12.8 Å². The third kappa shape index (κ3) is 7.21. The molecule has 0 radical (unpaired) electrons. The maximum absolute atomic E-state index is 9.19. The predicted octanol–water partition coefficient (Wildman–Crippen LogP) is 3.28. The van der Waals surface area contributed by atoms with Crippen molar-refractivity contribution >= 4 is 6.08 Å². The third-order valence-corrected chi connectivity index (χ3v) is 4.06. The van der Waals surface area contributed by atoms with Crippen LogP contribution in [0.25, 0.3) is 6.08 Å². The summed E-state index contributed by atoms with van der Waals surface area (Å²) in [7, 11) is 0. The fraction of sp³-hybridized carbons (Fsp3) is 0.579. The first-order chi connectivity index (χ1) is 10.6. The van der Waals surface area contributed by atoms with E-state index >= 15 is 0 Å². The standard InChI is InChI=1S/C19H31NO2/c1-2-3-4-5-6-7-8-17-9-11-18(12-10-17)13-14-19(20,15-21)16-22/h7-12,21-22H,2-6,13-16,20H2,1H3/b8-7-. The Hall–Kier alpha value is -1.16. The van der Waals surface area contributed by atoms with Crippen LogP contribution >= 0.6 is 0 Å². The molecule has 3 heteroatoms. The largest absolute Gasteiger partial charge is 0.394 e. The Kier molecular flexibility index (Phi) is 9.05. The van der Waals surface area contributed by atoms with Gasteiger partial charge in [0.05, 0.1) is 18.8 Å². The maximum Gasteiger partial charge on any atom is 0.0633 e. The molecular formula is C19H31NO2. The van der Waals surface area contributed by atoms with Gasteiger partial charge in [0.2, 0.25) is 0 Å². The van der Waals surface area contributed by atoms with E-state index in [2.05, 4.69) is 43.3 Å². The van der Waals surface area contributed by atoms with Gasteiger partial charge in [-0.15, -0.1) is 0 Å². The van der Waals surface area contributed by atoms with E-state index in [1.54, 1.807) is 0 Å². The van der Waals surface area contributed by atoms with E-state index in [0.29, 0.717) is 6.42 Å². The number of aliphatic hydroxyl groups excluding tert-OH is 2. The minimum absolute atomic E-state index is 0.192. The first kappa shape index (κ1) is 18.9. The van der Waals surface area contributed by atoms with Crippen LogP contribution in [0.5, 0.6) is 0 Å². The highest BCUT2D eigenvalue weighted by Gasteiger charge is 2.22. The summed E-state index contributed by atoms with van der Waals surface area (Å²) >= 11 is 0. The van der Waals surface area contributed by atoms with E-state index in [-0.39, 0.29) is 13.2 Å². The summed E-state index contributed by atoms with van der Waals surface area (Å²) in [5.74, 6) is 0. The second-order valence-electron chi connectivity index (χ2n) is 6.17. The molecule has 1 aromatic rings. The van der Waals surface area contributed by atoms with E-state index in [1.165, 1.54) is 36.8 Å². The van der Waals surface area contributed by atoms with Gasteiger partial charge in [-0.2, -0.15) is 0 Å². The molecule has 1 aromatic carbocycles. The smallest absolute Gasteiger partial charge is 0.0633 e. The number of nitrogens with two attached hydrogens (primary N) is 1. The molecule has 0 aliphatic carbocycles. The number of hydrogen-bond acceptors (Lipinski definition) is 3. The SMILES string of the molecule is CCCCCC/C=C\c1ccc(CCC(N)(CO)CO)cc1. The Morgan fingerprint density at radius 3 is 2.32 bits per heavy atom. The van der Waals surface area contributed by atoms with Crippen LogP contribution in [0.1, 0.15) is 56.6 Å². The first-order valence-corrected chi connectivity index (χ1v) is 8.39. The molecule has 3 nitrogen and oxygen atoms in total. The number of hydrogen-bond donors (Lipinski definition) is 3. The van der Waals surface area contributed by atoms with Crippen molar-refractivity contribution in [1.29, 1.82) is 0 Å². The molecule has 0 unspecified atom stereocenters. The lowest BCUT2D eigenvalue weighted by Crippen LogP contribution is -2.47. The molecule has 0 bridgehead atoms. The molecule has 0 spiro atoms. The molecule has 1 rings (SSSR count). The molecule has 124 valence electrons. The Bertz CT molecular complexity index is 422. The van der Waals surface area contributed by atoms with Crippen LogP contribution in [0.3, 0.4) is 0 Å². The van der Waals surface area contributed by atoms with Gasteiger partial charge in [-0.05, 0) is 36.8 Å². The van der Waals surface area contributed by atoms with E-state index in [9.17, 15) is 10.2 Å². The average molecular weight is 305 g/mol. The van der Waals surface area contributed by atoms with E-state index in [4.69, 9.17) is 5.73 Å². The summed E-state index contributed by atoms with van der Waals surface area (Å²) in [5, 5.41) is 18.4. The zero-order valence-electron chi connectivity index (χ0n) is 13.8. The number of aryl methyl sites for hydroxylation is 1. The van der Waals surface area contributed by atoms with Gasteiger partial charge in [-0.3, -0.25) is 0 Å². The number of aliphatic hydroxyl groups is 2. The molecule has 0 aromatic heterocycles. The zero-order chi connectivity index (χ0) is 16.3. The molecule has 0 aliphatic heterocycles. The molecule has 0 fully saturated rings. The van der Waals surface area contributed by atoms with Crippen molar-refractivity contribution in [3.8, 4) is 0 Å². The van der Waals surface area contributed by atoms with Crippen molar-refractivity contribution in [2.45, 2.75) is 57.4 Å². The van der Waals surface area contributed by atoms with Gasteiger partial charge in [0.25, 0.3) is 0 Å². The number of rotatable bonds is 11. The Morgan fingerprint density at radius 2 is 1.73 bits per heavy atom. The number of benzene rings is 1. The van der Waals surface area contributed by atoms with Gasteiger partial charge in [0, 0.05) is 0 Å². The molecule has 22 heavy (non-hydrogen) atoms. The van der Waals surface area contributed by atoms with Gasteiger partial charge in [-0.1, -0.05) is 62.6 Å². The van der Waals surface area contributed by atoms with Crippen LogP contribution in [-0.2, 0) is 6.42 Å². The highest BCUT2D eigenvalue weighted by atomic mass is 16.3. The van der Waals surface area contributed by atoms with Crippen LogP contribution in [0.15, 0.2) is 30.3 Å². The van der Waals surface area contributed by atoms with Crippen LogP contribution < -0.4 is 5.73 Å². The lowest BCUT2D eigenvalue weighted by Gasteiger charge is -2.24. The molecule has 4 N–H and O–H groups in total. The monoisotopic (exact) mass is 305 g/mol. The lowest BCUT2D eigenvalue weighted by molar-refractivity contribution is 0.115. The molecule has 0 amide bonds. The number of unbranched alkanes of at least 4 members (excludes halogenated alkanes) is 4. The zero-order valence-corrected chi connectivity index (χ0v) is 13.8. The van der Waals surface area contributed by atoms with Crippen molar-refractivity contribution < 1.29 is 10.2 Å². The summed E-state index contributed by atoms with van der Waals surface area (Å²) in [5.41, 5.74) is 7.39. The van der Waals surface area contributed by atoms with Gasteiger partial charge in [0.1, 0.15) is 0 Å². The molecular weight excluding hydrogens is 274 g/mol. The summed E-state index contributed by atoms with van der Waals surface area (Å²) in [6, 6.07) is 8.39. The van der Waals surface area contributed by atoms with Crippen molar-refractivity contribution in [2.24, 2.45) is 5.73 Å². The molecule has 0 aliphatic rings. The van der Waals surface area contributed by atoms with Crippen LogP contribution in [0.2, 0.25) is 0 Å². The molecule has 0 saturated carbocycles. The van der Waals surface area contributed by atoms with Gasteiger partial charge >= 0.3 is 0 Å². The summed E-state index contributed by atoms with van der Waals surface area (Å²) in [6.07, 6.45) is 12.1. The predicted molar refractivity (Wildman–Crippen MR) is 93.6 cm³/mol. The molecule has 0 atom stereocenters. The lowest BCUT2D eigenvalue weighted by atomic mass is 9.93. The van der Waals surface area contributed by atoms with Crippen molar-refractivity contribution in [1.82, 2.24) is 0 Å². The van der Waals surface area contributed by atoms with Crippen LogP contribution in [0.4, 0.5) is 0 Å². The topological polar surface area (TPSA) is 66.5 Å². The van der Waals surface area contributed by atoms with Crippen LogP contribution in [-0.4, -0.2) is 29.0 Å². The van der Waals surface area contributed by atoms with Crippen molar-refractivity contribution in [3.63, 3.8) is 0 Å². The molecule has 0 heterocycles. The first-order valence-electron chi connectivity index (χ1n) is 8.39. The fourth-order valence-corrected chi connectivity index (χ4v) is 2.31. The maximum atomic E-state index is 9.19. The van der Waals surface area contributed by atoms with E-state index < -0.39 is 5.54 Å². The highest BCUT2D eigenvalue weighted by Crippen LogP contribution is 2.14. The Labute approximate surface area is 134 Å². The van der Waals surface area contributed by atoms with E-state index in [1.807, 2.05) is 0 Å². The normalized spacial score (nSPS) is 12.2.